The smallest absolute Gasteiger partial charge is 0.181 e. The Morgan fingerprint density at radius 3 is 2.46 bits per heavy atom. The van der Waals surface area contributed by atoms with Gasteiger partial charge in [-0.25, -0.2) is 0 Å². The number of rotatable bonds is 2. The van der Waals surface area contributed by atoms with Crippen LogP contribution in [0.5, 0.6) is 0 Å². The van der Waals surface area contributed by atoms with Gasteiger partial charge in [0, 0.05) is 18.1 Å². The van der Waals surface area contributed by atoms with Crippen molar-refractivity contribution >= 4 is 5.78 Å². The largest absolute Gasteiger partial charge is 0.392 e. The molecule has 0 aromatic heterocycles. The summed E-state index contributed by atoms with van der Waals surface area (Å²) in [4.78, 5) is 13.0. The molecule has 3 nitrogen and oxygen atoms in total. The van der Waals surface area contributed by atoms with Crippen molar-refractivity contribution in [2.45, 2.75) is 72.0 Å². The van der Waals surface area contributed by atoms with Gasteiger partial charge in [0.15, 0.2) is 5.78 Å². The molecule has 2 unspecified atom stereocenters. The van der Waals surface area contributed by atoms with Crippen LogP contribution in [0, 0.1) is 22.7 Å². The van der Waals surface area contributed by atoms with Crippen molar-refractivity contribution in [1.29, 1.82) is 0 Å². The van der Waals surface area contributed by atoms with E-state index < -0.39 is 0 Å². The third kappa shape index (κ3) is 2.28. The van der Waals surface area contributed by atoms with E-state index in [2.05, 4.69) is 40.7 Å². The first-order chi connectivity index (χ1) is 11.1. The number of hydrogen-bond donors (Lipinski definition) is 1. The van der Waals surface area contributed by atoms with E-state index in [0.717, 1.165) is 36.8 Å². The zero-order chi connectivity index (χ0) is 17.9. The standard InChI is InChI=1S/C21H32O3/c1-13(2)21(24-6)10-7-15-14(12-21)16(22)11-17-19(3,4)18(23)8-9-20(15,17)5/h11-13,15,18,23H,7-10H2,1-6H3/t15?,18-,20?,21+/m1/s1. The van der Waals surface area contributed by atoms with Crippen LogP contribution in [-0.4, -0.2) is 29.7 Å². The van der Waals surface area contributed by atoms with E-state index in [1.807, 2.05) is 6.08 Å². The predicted molar refractivity (Wildman–Crippen MR) is 95.6 cm³/mol. The maximum atomic E-state index is 13.0. The van der Waals surface area contributed by atoms with E-state index in [0.29, 0.717) is 5.92 Å². The zero-order valence-electron chi connectivity index (χ0n) is 16.0. The first-order valence-electron chi connectivity index (χ1n) is 9.31. The second-order valence-corrected chi connectivity index (χ2v) is 9.12. The maximum absolute atomic E-state index is 13.0. The van der Waals surface area contributed by atoms with Gasteiger partial charge in [0.05, 0.1) is 11.7 Å². The van der Waals surface area contributed by atoms with Crippen LogP contribution in [-0.2, 0) is 9.53 Å². The summed E-state index contributed by atoms with van der Waals surface area (Å²) in [5.41, 5.74) is 1.40. The highest BCUT2D eigenvalue weighted by atomic mass is 16.5. The Morgan fingerprint density at radius 1 is 1.21 bits per heavy atom. The van der Waals surface area contributed by atoms with Gasteiger partial charge in [-0.2, -0.15) is 0 Å². The highest BCUT2D eigenvalue weighted by molar-refractivity contribution is 6.06. The fourth-order valence-corrected chi connectivity index (χ4v) is 5.49. The van der Waals surface area contributed by atoms with Crippen molar-refractivity contribution in [1.82, 2.24) is 0 Å². The van der Waals surface area contributed by atoms with Gasteiger partial charge in [-0.3, -0.25) is 4.79 Å². The van der Waals surface area contributed by atoms with Crippen LogP contribution in [0.25, 0.3) is 0 Å². The monoisotopic (exact) mass is 332 g/mol. The first kappa shape index (κ1) is 17.9. The van der Waals surface area contributed by atoms with Crippen molar-refractivity contribution < 1.29 is 14.6 Å². The molecule has 0 saturated heterocycles. The number of ether oxygens (including phenoxy) is 1. The van der Waals surface area contributed by atoms with Gasteiger partial charge in [-0.05, 0) is 55.1 Å². The summed E-state index contributed by atoms with van der Waals surface area (Å²) in [6, 6.07) is 0. The second kappa shape index (κ2) is 5.54. The van der Waals surface area contributed by atoms with Gasteiger partial charge < -0.3 is 9.84 Å². The summed E-state index contributed by atoms with van der Waals surface area (Å²) in [5, 5.41) is 10.5. The summed E-state index contributed by atoms with van der Waals surface area (Å²) < 4.78 is 5.88. The topological polar surface area (TPSA) is 46.5 Å². The van der Waals surface area contributed by atoms with E-state index >= 15 is 0 Å². The minimum absolute atomic E-state index is 0.0284. The van der Waals surface area contributed by atoms with Crippen LogP contribution in [0.4, 0.5) is 0 Å². The summed E-state index contributed by atoms with van der Waals surface area (Å²) in [5.74, 6) is 0.710. The van der Waals surface area contributed by atoms with Crippen LogP contribution in [0.15, 0.2) is 23.3 Å². The number of ketones is 1. The van der Waals surface area contributed by atoms with Gasteiger partial charge in [-0.15, -0.1) is 0 Å². The van der Waals surface area contributed by atoms with E-state index in [1.54, 1.807) is 7.11 Å². The molecule has 0 amide bonds. The van der Waals surface area contributed by atoms with Crippen molar-refractivity contribution in [3.8, 4) is 0 Å². The molecule has 3 aliphatic carbocycles. The lowest BCUT2D eigenvalue weighted by Gasteiger charge is -2.56. The molecule has 1 saturated carbocycles. The molecule has 0 radical (unpaired) electrons. The maximum Gasteiger partial charge on any atom is 0.181 e. The van der Waals surface area contributed by atoms with Gasteiger partial charge in [0.2, 0.25) is 0 Å². The Balaban J connectivity index is 2.12. The Hall–Kier alpha value is -0.930. The molecule has 0 aromatic rings. The van der Waals surface area contributed by atoms with Crippen molar-refractivity contribution in [2.75, 3.05) is 7.11 Å². The third-order valence-corrected chi connectivity index (χ3v) is 7.36. The molecular weight excluding hydrogens is 300 g/mol. The number of hydrogen-bond acceptors (Lipinski definition) is 3. The number of fused-ring (bicyclic) bond motifs is 3. The number of allylic oxidation sites excluding steroid dienone is 2. The lowest BCUT2D eigenvalue weighted by atomic mass is 9.49. The number of aliphatic hydroxyl groups is 1. The van der Waals surface area contributed by atoms with Gasteiger partial charge in [-0.1, -0.05) is 40.2 Å². The van der Waals surface area contributed by atoms with Gasteiger partial charge >= 0.3 is 0 Å². The molecule has 0 heterocycles. The first-order valence-corrected chi connectivity index (χ1v) is 9.31. The van der Waals surface area contributed by atoms with Crippen LogP contribution in [0.3, 0.4) is 0 Å². The Kier molecular flexibility index (Phi) is 4.12. The molecule has 3 aliphatic rings. The van der Waals surface area contributed by atoms with Crippen LogP contribution < -0.4 is 0 Å². The van der Waals surface area contributed by atoms with Crippen molar-refractivity contribution in [3.05, 3.63) is 23.3 Å². The number of carbonyl (C=O) groups is 1. The fraction of sp³-hybridized carbons (Fsp3) is 0.762. The molecule has 0 aromatic carbocycles. The van der Waals surface area contributed by atoms with E-state index in [1.165, 1.54) is 0 Å². The van der Waals surface area contributed by atoms with Crippen molar-refractivity contribution in [3.63, 3.8) is 0 Å². The summed E-state index contributed by atoms with van der Waals surface area (Å²) >= 11 is 0. The molecule has 0 aliphatic heterocycles. The molecular formula is C21H32O3. The molecule has 0 bridgehead atoms. The second-order valence-electron chi connectivity index (χ2n) is 9.12. The SMILES string of the molecule is CO[C@]1(C(C)C)C=C2C(=O)C=C3C(C)(CC[C@@H](O)C3(C)C)C2CC1. The van der Waals surface area contributed by atoms with Crippen molar-refractivity contribution in [2.24, 2.45) is 22.7 Å². The molecule has 0 spiro atoms. The lowest BCUT2D eigenvalue weighted by molar-refractivity contribution is -0.115. The molecule has 1 fully saturated rings. The fourth-order valence-electron chi connectivity index (χ4n) is 5.49. The molecule has 24 heavy (non-hydrogen) atoms. The number of carbonyl (C=O) groups excluding carboxylic acids is 1. The molecule has 3 rings (SSSR count). The Bertz CT molecular complexity index is 613. The van der Waals surface area contributed by atoms with E-state index in [4.69, 9.17) is 4.74 Å². The average Bonchev–Trinajstić information content (AvgIpc) is 2.54. The van der Waals surface area contributed by atoms with Crippen LogP contribution in [0.1, 0.15) is 60.3 Å². The Labute approximate surface area is 146 Å². The highest BCUT2D eigenvalue weighted by Crippen LogP contribution is 2.60. The average molecular weight is 332 g/mol. The number of methoxy groups -OCH3 is 1. The lowest BCUT2D eigenvalue weighted by Crippen LogP contribution is -2.52. The summed E-state index contributed by atoms with van der Waals surface area (Å²) in [6.07, 6.45) is 7.27. The highest BCUT2D eigenvalue weighted by Gasteiger charge is 2.55. The molecule has 4 atom stereocenters. The Morgan fingerprint density at radius 2 is 1.88 bits per heavy atom. The van der Waals surface area contributed by atoms with Crippen LogP contribution in [0.2, 0.25) is 0 Å². The zero-order valence-corrected chi connectivity index (χ0v) is 16.0. The summed E-state index contributed by atoms with van der Waals surface area (Å²) in [6.45, 7) is 10.8. The third-order valence-electron chi connectivity index (χ3n) is 7.36. The molecule has 1 N–H and O–H groups in total. The minimum atomic E-state index is -0.368. The van der Waals surface area contributed by atoms with Crippen LogP contribution >= 0.6 is 0 Å². The van der Waals surface area contributed by atoms with Gasteiger partial charge in [0.1, 0.15) is 0 Å². The summed E-state index contributed by atoms with van der Waals surface area (Å²) in [7, 11) is 1.76. The predicted octanol–water partition coefficient (Wildman–Crippen LogP) is 4.06. The minimum Gasteiger partial charge on any atom is -0.392 e. The number of aliphatic hydroxyl groups excluding tert-OH is 1. The van der Waals surface area contributed by atoms with E-state index in [-0.39, 0.29) is 34.2 Å². The van der Waals surface area contributed by atoms with E-state index in [9.17, 15) is 9.90 Å². The normalized spacial score (nSPS) is 41.4. The molecule has 134 valence electrons. The molecule has 3 heteroatoms. The quantitative estimate of drug-likeness (QED) is 0.829. The van der Waals surface area contributed by atoms with Gasteiger partial charge in [0.25, 0.3) is 0 Å².